The van der Waals surface area contributed by atoms with Crippen molar-refractivity contribution in [3.8, 4) is 11.5 Å². The third-order valence-electron chi connectivity index (χ3n) is 3.26. The summed E-state index contributed by atoms with van der Waals surface area (Å²) in [6, 6.07) is 1.32. The molecule has 0 aliphatic heterocycles. The van der Waals surface area contributed by atoms with Crippen LogP contribution in [0, 0.1) is 13.8 Å². The summed E-state index contributed by atoms with van der Waals surface area (Å²) in [5.41, 5.74) is 8.75. The molecule has 0 radical (unpaired) electrons. The van der Waals surface area contributed by atoms with E-state index in [2.05, 4.69) is 4.74 Å². The number of ether oxygens (including phenoxy) is 3. The molecule has 0 aromatic heterocycles. The zero-order chi connectivity index (χ0) is 14.6. The molecular formula is C14H21NO4. The molecule has 5 nitrogen and oxygen atoms in total. The average Bonchev–Trinajstić information content (AvgIpc) is 2.41. The first-order chi connectivity index (χ1) is 8.96. The van der Waals surface area contributed by atoms with E-state index in [0.29, 0.717) is 5.75 Å². The van der Waals surface area contributed by atoms with Gasteiger partial charge in [-0.25, -0.2) is 0 Å². The molecule has 5 heteroatoms. The molecule has 0 heterocycles. The molecule has 0 fully saturated rings. The SMILES string of the molecule is COC(=O)CC(N)c1cc(OC)c(C)c(C)c1OC. The van der Waals surface area contributed by atoms with Crippen molar-refractivity contribution in [1.29, 1.82) is 0 Å². The highest BCUT2D eigenvalue weighted by atomic mass is 16.5. The summed E-state index contributed by atoms with van der Waals surface area (Å²) in [6.07, 6.45) is 0.0957. The maximum absolute atomic E-state index is 11.3. The van der Waals surface area contributed by atoms with Gasteiger partial charge in [-0.15, -0.1) is 0 Å². The molecule has 106 valence electrons. The quantitative estimate of drug-likeness (QED) is 0.825. The zero-order valence-corrected chi connectivity index (χ0v) is 12.1. The van der Waals surface area contributed by atoms with Gasteiger partial charge >= 0.3 is 5.97 Å². The Hall–Kier alpha value is -1.75. The molecule has 0 saturated heterocycles. The van der Waals surface area contributed by atoms with E-state index in [0.717, 1.165) is 22.4 Å². The summed E-state index contributed by atoms with van der Waals surface area (Å²) in [5.74, 6) is 1.06. The summed E-state index contributed by atoms with van der Waals surface area (Å²) in [4.78, 5) is 11.3. The van der Waals surface area contributed by atoms with E-state index in [4.69, 9.17) is 15.2 Å². The molecule has 1 aromatic carbocycles. The molecule has 1 atom stereocenters. The third-order valence-corrected chi connectivity index (χ3v) is 3.26. The van der Waals surface area contributed by atoms with Gasteiger partial charge in [-0.05, 0) is 31.0 Å². The Morgan fingerprint density at radius 3 is 2.32 bits per heavy atom. The van der Waals surface area contributed by atoms with E-state index in [1.54, 1.807) is 14.2 Å². The maximum atomic E-state index is 11.3. The van der Waals surface area contributed by atoms with E-state index >= 15 is 0 Å². The monoisotopic (exact) mass is 267 g/mol. The number of esters is 1. The number of methoxy groups -OCH3 is 3. The average molecular weight is 267 g/mol. The highest BCUT2D eigenvalue weighted by Crippen LogP contribution is 2.36. The van der Waals surface area contributed by atoms with Crippen LogP contribution in [0.25, 0.3) is 0 Å². The lowest BCUT2D eigenvalue weighted by Gasteiger charge is -2.20. The highest BCUT2D eigenvalue weighted by Gasteiger charge is 2.21. The maximum Gasteiger partial charge on any atom is 0.307 e. The summed E-state index contributed by atoms with van der Waals surface area (Å²) in [6.45, 7) is 3.89. The molecular weight excluding hydrogens is 246 g/mol. The number of benzene rings is 1. The summed E-state index contributed by atoms with van der Waals surface area (Å²) in [5, 5.41) is 0. The van der Waals surface area contributed by atoms with Crippen LogP contribution in [0.5, 0.6) is 11.5 Å². The Labute approximate surface area is 113 Å². The lowest BCUT2D eigenvalue weighted by atomic mass is 9.97. The summed E-state index contributed by atoms with van der Waals surface area (Å²) >= 11 is 0. The first-order valence-corrected chi connectivity index (χ1v) is 6.00. The Kier molecular flexibility index (Phi) is 5.18. The van der Waals surface area contributed by atoms with E-state index in [1.807, 2.05) is 19.9 Å². The predicted molar refractivity (Wildman–Crippen MR) is 72.6 cm³/mol. The van der Waals surface area contributed by atoms with Crippen LogP contribution in [0.2, 0.25) is 0 Å². The van der Waals surface area contributed by atoms with Gasteiger partial charge in [-0.1, -0.05) is 0 Å². The zero-order valence-electron chi connectivity index (χ0n) is 12.1. The molecule has 0 aliphatic carbocycles. The van der Waals surface area contributed by atoms with Crippen LogP contribution in [0.1, 0.15) is 29.2 Å². The van der Waals surface area contributed by atoms with Gasteiger partial charge in [0, 0.05) is 11.6 Å². The molecule has 2 N–H and O–H groups in total. The normalized spacial score (nSPS) is 11.9. The molecule has 0 saturated carbocycles. The number of nitrogens with two attached hydrogens (primary N) is 1. The first-order valence-electron chi connectivity index (χ1n) is 6.00. The number of carbonyl (C=O) groups excluding carboxylic acids is 1. The van der Waals surface area contributed by atoms with Gasteiger partial charge in [0.2, 0.25) is 0 Å². The Bertz CT molecular complexity index is 471. The van der Waals surface area contributed by atoms with Crippen molar-refractivity contribution in [3.63, 3.8) is 0 Å². The molecule has 0 aliphatic rings. The first kappa shape index (κ1) is 15.3. The van der Waals surface area contributed by atoms with Gasteiger partial charge < -0.3 is 19.9 Å². The minimum absolute atomic E-state index is 0.0957. The third kappa shape index (κ3) is 3.17. The van der Waals surface area contributed by atoms with Crippen molar-refractivity contribution < 1.29 is 19.0 Å². The van der Waals surface area contributed by atoms with Gasteiger partial charge in [-0.3, -0.25) is 4.79 Å². The van der Waals surface area contributed by atoms with Crippen LogP contribution in [-0.4, -0.2) is 27.3 Å². The summed E-state index contributed by atoms with van der Waals surface area (Å²) in [7, 11) is 4.53. The molecule has 0 bridgehead atoms. The van der Waals surface area contributed by atoms with Gasteiger partial charge in [0.1, 0.15) is 11.5 Å². The van der Waals surface area contributed by atoms with Crippen molar-refractivity contribution in [2.24, 2.45) is 5.73 Å². The van der Waals surface area contributed by atoms with Crippen LogP contribution >= 0.6 is 0 Å². The van der Waals surface area contributed by atoms with Gasteiger partial charge in [0.05, 0.1) is 27.8 Å². The largest absolute Gasteiger partial charge is 0.496 e. The van der Waals surface area contributed by atoms with Crippen LogP contribution in [-0.2, 0) is 9.53 Å². The topological polar surface area (TPSA) is 70.8 Å². The summed E-state index contributed by atoms with van der Waals surface area (Å²) < 4.78 is 15.4. The molecule has 1 unspecified atom stereocenters. The van der Waals surface area contributed by atoms with E-state index in [1.165, 1.54) is 7.11 Å². The second-order valence-corrected chi connectivity index (χ2v) is 4.34. The van der Waals surface area contributed by atoms with Gasteiger partial charge in [-0.2, -0.15) is 0 Å². The second-order valence-electron chi connectivity index (χ2n) is 4.34. The number of carbonyl (C=O) groups is 1. The van der Waals surface area contributed by atoms with Crippen molar-refractivity contribution in [2.45, 2.75) is 26.3 Å². The van der Waals surface area contributed by atoms with Crippen molar-refractivity contribution in [2.75, 3.05) is 21.3 Å². The molecule has 0 amide bonds. The predicted octanol–water partition coefficient (Wildman–Crippen LogP) is 1.88. The van der Waals surface area contributed by atoms with E-state index in [-0.39, 0.29) is 12.4 Å². The number of hydrogen-bond acceptors (Lipinski definition) is 5. The van der Waals surface area contributed by atoms with Crippen LogP contribution in [0.3, 0.4) is 0 Å². The fourth-order valence-corrected chi connectivity index (χ4v) is 2.02. The molecule has 0 spiro atoms. The van der Waals surface area contributed by atoms with Crippen LogP contribution < -0.4 is 15.2 Å². The smallest absolute Gasteiger partial charge is 0.307 e. The second kappa shape index (κ2) is 6.43. The van der Waals surface area contributed by atoms with Gasteiger partial charge in [0.15, 0.2) is 0 Å². The van der Waals surface area contributed by atoms with Crippen molar-refractivity contribution in [3.05, 3.63) is 22.8 Å². The fourth-order valence-electron chi connectivity index (χ4n) is 2.02. The Morgan fingerprint density at radius 1 is 1.21 bits per heavy atom. The molecule has 1 aromatic rings. The lowest BCUT2D eigenvalue weighted by molar-refractivity contribution is -0.141. The number of rotatable bonds is 5. The van der Waals surface area contributed by atoms with E-state index < -0.39 is 6.04 Å². The van der Waals surface area contributed by atoms with Crippen molar-refractivity contribution in [1.82, 2.24) is 0 Å². The Morgan fingerprint density at radius 2 is 1.84 bits per heavy atom. The lowest BCUT2D eigenvalue weighted by Crippen LogP contribution is -2.18. The van der Waals surface area contributed by atoms with Crippen LogP contribution in [0.15, 0.2) is 6.07 Å². The fraction of sp³-hybridized carbons (Fsp3) is 0.500. The van der Waals surface area contributed by atoms with E-state index in [9.17, 15) is 4.79 Å². The molecule has 1 rings (SSSR count). The molecule has 19 heavy (non-hydrogen) atoms. The standard InChI is InChI=1S/C14H21NO4/c1-8-9(2)14(19-5)10(6-12(8)17-3)11(15)7-13(16)18-4/h6,11H,7,15H2,1-5H3. The highest BCUT2D eigenvalue weighted by molar-refractivity contribution is 5.70. The van der Waals surface area contributed by atoms with Crippen molar-refractivity contribution >= 4 is 5.97 Å². The minimum Gasteiger partial charge on any atom is -0.496 e. The van der Waals surface area contributed by atoms with Crippen LogP contribution in [0.4, 0.5) is 0 Å². The minimum atomic E-state index is -0.490. The Balaban J connectivity index is 3.25. The van der Waals surface area contributed by atoms with Gasteiger partial charge in [0.25, 0.3) is 0 Å². The number of hydrogen-bond donors (Lipinski definition) is 1.